The summed E-state index contributed by atoms with van der Waals surface area (Å²) in [6, 6.07) is 21.3. The number of rotatable bonds is 5. The van der Waals surface area contributed by atoms with Gasteiger partial charge in [0.2, 0.25) is 0 Å². The van der Waals surface area contributed by atoms with E-state index < -0.39 is 17.7 Å². The quantitative estimate of drug-likeness (QED) is 0.434. The Balaban J connectivity index is 1.29. The number of imide groups is 1. The summed E-state index contributed by atoms with van der Waals surface area (Å²) in [4.78, 5) is 27.8. The van der Waals surface area contributed by atoms with Crippen molar-refractivity contribution in [1.82, 2.24) is 14.8 Å². The first-order valence-corrected chi connectivity index (χ1v) is 12.0. The van der Waals surface area contributed by atoms with E-state index in [4.69, 9.17) is 4.74 Å². The third-order valence-electron chi connectivity index (χ3n) is 7.41. The van der Waals surface area contributed by atoms with Gasteiger partial charge in [-0.1, -0.05) is 42.5 Å². The summed E-state index contributed by atoms with van der Waals surface area (Å²) in [5, 5.41) is 16.3. The highest BCUT2D eigenvalue weighted by molar-refractivity contribution is 6.08. The highest BCUT2D eigenvalue weighted by Crippen LogP contribution is 2.41. The fourth-order valence-corrected chi connectivity index (χ4v) is 5.82. The minimum absolute atomic E-state index is 0.0707. The number of β-amino-alcohol motifs (C(OH)–C–C–N with tert-alkyl or cyclic N) is 1. The predicted octanol–water partition coefficient (Wildman–Crippen LogP) is 3.95. The Morgan fingerprint density at radius 3 is 2.37 bits per heavy atom. The van der Waals surface area contributed by atoms with Gasteiger partial charge in [-0.25, -0.2) is 4.79 Å². The molecule has 1 aliphatic carbocycles. The average Bonchev–Trinajstić information content (AvgIpc) is 3.31. The highest BCUT2D eigenvalue weighted by Gasteiger charge is 2.54. The van der Waals surface area contributed by atoms with Crippen molar-refractivity contribution < 1.29 is 19.4 Å². The number of nitrogens with one attached hydrogen (secondary N) is 1. The fraction of sp³-hybridized carbons (Fsp3) is 0.286. The van der Waals surface area contributed by atoms with Crippen molar-refractivity contribution >= 4 is 33.7 Å². The third kappa shape index (κ3) is 3.30. The van der Waals surface area contributed by atoms with Crippen LogP contribution < -0.4 is 10.1 Å². The van der Waals surface area contributed by atoms with Crippen LogP contribution in [0.4, 0.5) is 4.79 Å². The SMILES string of the molecule is COc1ccc2c(c1)CCC[C@@]21NC(=O)N(C[C@H](O)Cn2c3ccccc3c3ccccc32)C1=O. The van der Waals surface area contributed by atoms with E-state index in [2.05, 4.69) is 22.0 Å². The number of aromatic nitrogens is 1. The molecular weight excluding hydrogens is 442 g/mol. The van der Waals surface area contributed by atoms with Gasteiger partial charge in [0.15, 0.2) is 0 Å². The van der Waals surface area contributed by atoms with Crippen LogP contribution in [-0.4, -0.2) is 46.3 Å². The maximum Gasteiger partial charge on any atom is 0.325 e. The lowest BCUT2D eigenvalue weighted by Gasteiger charge is -2.33. The Bertz CT molecular complexity index is 1420. The number of ether oxygens (including phenoxy) is 1. The first-order valence-electron chi connectivity index (χ1n) is 12.0. The first-order chi connectivity index (χ1) is 17.0. The van der Waals surface area contributed by atoms with Gasteiger partial charge >= 0.3 is 6.03 Å². The van der Waals surface area contributed by atoms with E-state index >= 15 is 0 Å². The van der Waals surface area contributed by atoms with Gasteiger partial charge in [0.25, 0.3) is 5.91 Å². The topological polar surface area (TPSA) is 83.8 Å². The molecule has 0 radical (unpaired) electrons. The molecule has 4 aromatic rings. The third-order valence-corrected chi connectivity index (χ3v) is 7.41. The van der Waals surface area contributed by atoms with Crippen molar-refractivity contribution in [2.24, 2.45) is 0 Å². The van der Waals surface area contributed by atoms with Gasteiger partial charge in [-0.15, -0.1) is 0 Å². The van der Waals surface area contributed by atoms with Crippen molar-refractivity contribution in [2.75, 3.05) is 13.7 Å². The van der Waals surface area contributed by atoms with Crippen molar-refractivity contribution in [3.63, 3.8) is 0 Å². The van der Waals surface area contributed by atoms with Crippen molar-refractivity contribution in [3.8, 4) is 5.75 Å². The molecular formula is C28H27N3O4. The molecule has 7 heteroatoms. The molecule has 6 rings (SSSR count). The summed E-state index contributed by atoms with van der Waals surface area (Å²) in [7, 11) is 1.61. The molecule has 2 N–H and O–H groups in total. The van der Waals surface area contributed by atoms with E-state index in [0.29, 0.717) is 6.42 Å². The number of para-hydroxylation sites is 2. The number of carbonyl (C=O) groups is 2. The number of carbonyl (C=O) groups excluding carboxylic acids is 2. The van der Waals surface area contributed by atoms with E-state index in [0.717, 1.165) is 51.5 Å². The molecule has 1 aliphatic heterocycles. The number of hydrogen-bond donors (Lipinski definition) is 2. The lowest BCUT2D eigenvalue weighted by molar-refractivity contribution is -0.133. The standard InChI is InChI=1S/C28H27N3O4/c1-35-20-12-13-23-18(15-20)7-6-14-28(23)26(33)31(27(34)29-28)17-19(32)16-30-24-10-4-2-8-21(24)22-9-3-5-11-25(22)30/h2-5,8-13,15,19,32H,6-7,14,16-17H2,1H3,(H,29,34)/t19-,28-/m1/s1. The lowest BCUT2D eigenvalue weighted by Crippen LogP contribution is -2.47. The zero-order chi connectivity index (χ0) is 24.2. The Hall–Kier alpha value is -3.84. The summed E-state index contributed by atoms with van der Waals surface area (Å²) < 4.78 is 7.41. The number of benzene rings is 3. The molecule has 3 aromatic carbocycles. The van der Waals surface area contributed by atoms with Crippen LogP contribution in [0.3, 0.4) is 0 Å². The van der Waals surface area contributed by atoms with Gasteiger partial charge < -0.3 is 19.7 Å². The highest BCUT2D eigenvalue weighted by atomic mass is 16.5. The molecule has 1 aromatic heterocycles. The molecule has 0 unspecified atom stereocenters. The second-order valence-electron chi connectivity index (χ2n) is 9.43. The van der Waals surface area contributed by atoms with Gasteiger partial charge in [0, 0.05) is 21.8 Å². The molecule has 7 nitrogen and oxygen atoms in total. The number of aryl methyl sites for hydroxylation is 1. The number of amides is 3. The summed E-state index contributed by atoms with van der Waals surface area (Å²) in [5.74, 6) is 0.436. The Morgan fingerprint density at radius 1 is 1.00 bits per heavy atom. The minimum atomic E-state index is -1.08. The van der Waals surface area contributed by atoms with Crippen LogP contribution in [0.25, 0.3) is 21.8 Å². The van der Waals surface area contributed by atoms with Gasteiger partial charge in [0.1, 0.15) is 11.3 Å². The van der Waals surface area contributed by atoms with E-state index in [1.165, 1.54) is 4.90 Å². The number of hydrogen-bond acceptors (Lipinski definition) is 4. The zero-order valence-corrected chi connectivity index (χ0v) is 19.5. The molecule has 2 heterocycles. The molecule has 0 saturated carbocycles. The first kappa shape index (κ1) is 21.7. The van der Waals surface area contributed by atoms with Crippen LogP contribution in [0.15, 0.2) is 66.7 Å². The van der Waals surface area contributed by atoms with Crippen LogP contribution >= 0.6 is 0 Å². The number of methoxy groups -OCH3 is 1. The molecule has 178 valence electrons. The van der Waals surface area contributed by atoms with Crippen LogP contribution in [0.2, 0.25) is 0 Å². The second-order valence-corrected chi connectivity index (χ2v) is 9.43. The number of nitrogens with zero attached hydrogens (tertiary/aromatic N) is 2. The number of aliphatic hydroxyl groups excluding tert-OH is 1. The molecule has 2 atom stereocenters. The van der Waals surface area contributed by atoms with E-state index in [9.17, 15) is 14.7 Å². The minimum Gasteiger partial charge on any atom is -0.497 e. The Kier molecular flexibility index (Phi) is 5.04. The number of urea groups is 1. The van der Waals surface area contributed by atoms with Crippen molar-refractivity contribution in [3.05, 3.63) is 77.9 Å². The monoisotopic (exact) mass is 469 g/mol. The van der Waals surface area contributed by atoms with Gasteiger partial charge in [0.05, 0.1) is 26.3 Å². The maximum atomic E-state index is 13.7. The Labute approximate surface area is 202 Å². The molecule has 1 fully saturated rings. The Morgan fingerprint density at radius 2 is 1.69 bits per heavy atom. The smallest absolute Gasteiger partial charge is 0.325 e. The summed E-state index contributed by atoms with van der Waals surface area (Å²) in [6.45, 7) is 0.199. The summed E-state index contributed by atoms with van der Waals surface area (Å²) >= 11 is 0. The number of aliphatic hydroxyl groups is 1. The predicted molar refractivity (Wildman–Crippen MR) is 133 cm³/mol. The van der Waals surface area contributed by atoms with Crippen LogP contribution in [0.5, 0.6) is 5.75 Å². The molecule has 2 aliphatic rings. The zero-order valence-electron chi connectivity index (χ0n) is 19.5. The van der Waals surface area contributed by atoms with E-state index in [-0.39, 0.29) is 19.0 Å². The molecule has 1 spiro atoms. The average molecular weight is 470 g/mol. The molecule has 35 heavy (non-hydrogen) atoms. The molecule has 0 bridgehead atoms. The number of fused-ring (bicyclic) bond motifs is 5. The van der Waals surface area contributed by atoms with E-state index in [1.54, 1.807) is 7.11 Å². The normalized spacial score (nSPS) is 20.5. The largest absolute Gasteiger partial charge is 0.497 e. The van der Waals surface area contributed by atoms with Crippen LogP contribution in [0, 0.1) is 0 Å². The van der Waals surface area contributed by atoms with Crippen molar-refractivity contribution in [2.45, 2.75) is 37.5 Å². The fourth-order valence-electron chi connectivity index (χ4n) is 5.82. The lowest BCUT2D eigenvalue weighted by atomic mass is 9.76. The van der Waals surface area contributed by atoms with Gasteiger partial charge in [-0.2, -0.15) is 0 Å². The summed E-state index contributed by atoms with van der Waals surface area (Å²) in [6.07, 6.45) is 1.23. The maximum absolute atomic E-state index is 13.7. The van der Waals surface area contributed by atoms with Crippen LogP contribution in [-0.2, 0) is 23.3 Å². The van der Waals surface area contributed by atoms with Gasteiger partial charge in [-0.05, 0) is 54.7 Å². The van der Waals surface area contributed by atoms with Crippen LogP contribution in [0.1, 0.15) is 24.0 Å². The molecule has 1 saturated heterocycles. The van der Waals surface area contributed by atoms with E-state index in [1.807, 2.05) is 54.6 Å². The summed E-state index contributed by atoms with van der Waals surface area (Å²) in [5.41, 5.74) is 2.77. The molecule has 3 amide bonds. The van der Waals surface area contributed by atoms with Crippen molar-refractivity contribution in [1.29, 1.82) is 0 Å². The van der Waals surface area contributed by atoms with Gasteiger partial charge in [-0.3, -0.25) is 9.69 Å². The second kappa shape index (κ2) is 8.13.